The quantitative estimate of drug-likeness (QED) is 0.504. The van der Waals surface area contributed by atoms with Crippen LogP contribution in [0.3, 0.4) is 0 Å². The van der Waals surface area contributed by atoms with Crippen molar-refractivity contribution in [1.82, 2.24) is 4.90 Å². The summed E-state index contributed by atoms with van der Waals surface area (Å²) in [6.45, 7) is 5.60. The van der Waals surface area contributed by atoms with E-state index in [2.05, 4.69) is 0 Å². The molecule has 3 unspecified atom stereocenters. The Labute approximate surface area is 191 Å². The number of ether oxygens (including phenoxy) is 4. The topological polar surface area (TPSA) is 74.3 Å². The number of hydrogen-bond donors (Lipinski definition) is 0. The van der Waals surface area contributed by atoms with Crippen LogP contribution in [0.15, 0.2) is 60.7 Å². The van der Waals surface area contributed by atoms with Gasteiger partial charge in [-0.05, 0) is 54.8 Å². The highest BCUT2D eigenvalue weighted by Crippen LogP contribution is 2.43. The highest BCUT2D eigenvalue weighted by atomic mass is 16.7. The first kappa shape index (κ1) is 21.1. The van der Waals surface area contributed by atoms with Gasteiger partial charge in [0.05, 0.1) is 12.1 Å². The number of benzene rings is 3. The lowest BCUT2D eigenvalue weighted by Gasteiger charge is -2.30. The number of fused-ring (bicyclic) bond motifs is 2. The van der Waals surface area contributed by atoms with E-state index in [0.29, 0.717) is 17.1 Å². The molecule has 1 fully saturated rings. The van der Waals surface area contributed by atoms with Gasteiger partial charge in [-0.25, -0.2) is 9.59 Å². The van der Waals surface area contributed by atoms with Crippen LogP contribution in [0.25, 0.3) is 10.8 Å². The van der Waals surface area contributed by atoms with E-state index in [1.54, 1.807) is 32.0 Å². The van der Waals surface area contributed by atoms with Crippen LogP contribution in [0.1, 0.15) is 44.0 Å². The van der Waals surface area contributed by atoms with Crippen LogP contribution in [0.4, 0.5) is 4.79 Å². The van der Waals surface area contributed by atoms with Crippen LogP contribution in [0, 0.1) is 0 Å². The fourth-order valence-electron chi connectivity index (χ4n) is 4.54. The Bertz CT molecular complexity index is 1220. The molecule has 170 valence electrons. The Kier molecular flexibility index (Phi) is 5.32. The van der Waals surface area contributed by atoms with Crippen molar-refractivity contribution in [3.63, 3.8) is 0 Å². The second kappa shape index (κ2) is 8.31. The fraction of sp³-hybridized carbons (Fsp3) is 0.308. The summed E-state index contributed by atoms with van der Waals surface area (Å²) in [7, 11) is 0. The number of esters is 1. The van der Waals surface area contributed by atoms with E-state index in [4.69, 9.17) is 18.9 Å². The van der Waals surface area contributed by atoms with Crippen molar-refractivity contribution >= 4 is 22.8 Å². The number of rotatable bonds is 5. The zero-order valence-corrected chi connectivity index (χ0v) is 18.7. The van der Waals surface area contributed by atoms with Crippen LogP contribution in [0.2, 0.25) is 0 Å². The smallest absolute Gasteiger partial charge is 0.411 e. The molecular formula is C26H25NO6. The largest absolute Gasteiger partial charge is 0.461 e. The summed E-state index contributed by atoms with van der Waals surface area (Å²) in [6.07, 6.45) is -1.74. The van der Waals surface area contributed by atoms with Gasteiger partial charge in [-0.3, -0.25) is 4.90 Å². The number of nitrogens with zero attached hydrogens (tertiary/aromatic N) is 1. The number of cyclic esters (lactones) is 1. The second-order valence-electron chi connectivity index (χ2n) is 8.50. The summed E-state index contributed by atoms with van der Waals surface area (Å²) in [5.74, 6) is 0.663. The van der Waals surface area contributed by atoms with Crippen molar-refractivity contribution < 1.29 is 28.5 Å². The molecule has 0 saturated carbocycles. The van der Waals surface area contributed by atoms with E-state index in [1.165, 1.54) is 4.90 Å². The third kappa shape index (κ3) is 3.73. The van der Waals surface area contributed by atoms with Crippen molar-refractivity contribution in [1.29, 1.82) is 0 Å². The monoisotopic (exact) mass is 447 g/mol. The molecule has 1 saturated heterocycles. The predicted octanol–water partition coefficient (Wildman–Crippen LogP) is 5.14. The first-order chi connectivity index (χ1) is 15.9. The van der Waals surface area contributed by atoms with Crippen LogP contribution in [0.5, 0.6) is 11.5 Å². The minimum absolute atomic E-state index is 0.131. The average Bonchev–Trinajstić information content (AvgIpc) is 3.41. The van der Waals surface area contributed by atoms with E-state index in [1.807, 2.05) is 49.4 Å². The molecule has 7 nitrogen and oxygen atoms in total. The Morgan fingerprint density at radius 1 is 1.00 bits per heavy atom. The van der Waals surface area contributed by atoms with Gasteiger partial charge >= 0.3 is 12.1 Å². The number of carbonyl (C=O) groups excluding carboxylic acids is 2. The third-order valence-electron chi connectivity index (χ3n) is 6.03. The van der Waals surface area contributed by atoms with Crippen LogP contribution < -0.4 is 9.47 Å². The zero-order valence-electron chi connectivity index (χ0n) is 18.7. The highest BCUT2D eigenvalue weighted by Gasteiger charge is 2.50. The molecule has 3 aromatic carbocycles. The summed E-state index contributed by atoms with van der Waals surface area (Å²) in [5, 5.41) is 2.07. The molecular weight excluding hydrogens is 422 g/mol. The van der Waals surface area contributed by atoms with E-state index in [0.717, 1.165) is 16.3 Å². The van der Waals surface area contributed by atoms with Gasteiger partial charge in [0, 0.05) is 0 Å². The van der Waals surface area contributed by atoms with Gasteiger partial charge in [0.25, 0.3) is 0 Å². The minimum Gasteiger partial charge on any atom is -0.461 e. The molecule has 7 heteroatoms. The number of carbonyl (C=O) groups is 2. The van der Waals surface area contributed by atoms with Gasteiger partial charge in [0.1, 0.15) is 0 Å². The maximum atomic E-state index is 13.3. The van der Waals surface area contributed by atoms with Crippen molar-refractivity contribution in [2.75, 3.05) is 6.79 Å². The molecule has 2 heterocycles. The van der Waals surface area contributed by atoms with Gasteiger partial charge in [-0.2, -0.15) is 0 Å². The maximum Gasteiger partial charge on any atom is 0.411 e. The van der Waals surface area contributed by atoms with Crippen molar-refractivity contribution in [3.8, 4) is 11.5 Å². The average molecular weight is 447 g/mol. The van der Waals surface area contributed by atoms with Crippen molar-refractivity contribution in [2.45, 2.75) is 45.1 Å². The second-order valence-corrected chi connectivity index (χ2v) is 8.50. The van der Waals surface area contributed by atoms with E-state index in [9.17, 15) is 9.59 Å². The third-order valence-corrected chi connectivity index (χ3v) is 6.03. The van der Waals surface area contributed by atoms with Crippen molar-refractivity contribution in [3.05, 3.63) is 71.8 Å². The Hall–Kier alpha value is -3.74. The lowest BCUT2D eigenvalue weighted by atomic mass is 9.96. The van der Waals surface area contributed by atoms with E-state index in [-0.39, 0.29) is 12.9 Å². The molecule has 2 aliphatic heterocycles. The molecule has 0 N–H and O–H groups in total. The zero-order chi connectivity index (χ0) is 23.1. The molecule has 5 rings (SSSR count). The molecule has 2 aliphatic rings. The van der Waals surface area contributed by atoms with Gasteiger partial charge in [0.15, 0.2) is 23.6 Å². The summed E-state index contributed by atoms with van der Waals surface area (Å²) < 4.78 is 22.2. The fourth-order valence-corrected chi connectivity index (χ4v) is 4.54. The van der Waals surface area contributed by atoms with Crippen LogP contribution in [-0.2, 0) is 14.3 Å². The first-order valence-corrected chi connectivity index (χ1v) is 11.0. The normalized spacial score (nSPS) is 20.2. The van der Waals surface area contributed by atoms with Crippen LogP contribution in [-0.4, -0.2) is 35.9 Å². The standard InChI is InChI=1S/C26H25NO6/c1-15(2)32-25(28)23-24(18-11-12-21-22(13-18)31-14-30-21)33-26(29)27(23)16(3)19-10-6-8-17-7-4-5-9-20(17)19/h4-13,15-16,23-24H,14H2,1-3H3. The summed E-state index contributed by atoms with van der Waals surface area (Å²) in [6, 6.07) is 17.8. The van der Waals surface area contributed by atoms with Crippen molar-refractivity contribution in [2.24, 2.45) is 0 Å². The first-order valence-electron chi connectivity index (χ1n) is 11.0. The summed E-state index contributed by atoms with van der Waals surface area (Å²) in [4.78, 5) is 27.9. The molecule has 3 aromatic rings. The van der Waals surface area contributed by atoms with Gasteiger partial charge in [-0.15, -0.1) is 0 Å². The lowest BCUT2D eigenvalue weighted by Crippen LogP contribution is -2.43. The van der Waals surface area contributed by atoms with Gasteiger partial charge in [-0.1, -0.05) is 48.5 Å². The summed E-state index contributed by atoms with van der Waals surface area (Å²) >= 11 is 0. The molecule has 0 radical (unpaired) electrons. The minimum atomic E-state index is -0.950. The van der Waals surface area contributed by atoms with Crippen LogP contribution >= 0.6 is 0 Å². The Balaban J connectivity index is 1.56. The van der Waals surface area contributed by atoms with Gasteiger partial charge < -0.3 is 18.9 Å². The Morgan fingerprint density at radius 2 is 1.76 bits per heavy atom. The number of hydrogen-bond acceptors (Lipinski definition) is 6. The lowest BCUT2D eigenvalue weighted by molar-refractivity contribution is -0.154. The summed E-state index contributed by atoms with van der Waals surface area (Å²) in [5.41, 5.74) is 1.57. The van der Waals surface area contributed by atoms with E-state index >= 15 is 0 Å². The van der Waals surface area contributed by atoms with Gasteiger partial charge in [0.2, 0.25) is 6.79 Å². The molecule has 33 heavy (non-hydrogen) atoms. The Morgan fingerprint density at radius 3 is 2.58 bits per heavy atom. The predicted molar refractivity (Wildman–Crippen MR) is 121 cm³/mol. The highest BCUT2D eigenvalue weighted by molar-refractivity contribution is 5.89. The molecule has 3 atom stereocenters. The van der Waals surface area contributed by atoms with E-state index < -0.39 is 30.3 Å². The molecule has 0 bridgehead atoms. The molecule has 0 spiro atoms. The SMILES string of the molecule is CC(C)OC(=O)C1C(c2ccc3c(c2)OCO3)OC(=O)N1C(C)c1cccc2ccccc12. The molecule has 0 aromatic heterocycles. The molecule has 1 amide bonds. The maximum absolute atomic E-state index is 13.3. The number of amides is 1. The molecule has 0 aliphatic carbocycles.